The summed E-state index contributed by atoms with van der Waals surface area (Å²) in [6, 6.07) is 16.1. The third-order valence-corrected chi connectivity index (χ3v) is 5.23. The Morgan fingerprint density at radius 1 is 1.03 bits per heavy atom. The number of pyridine rings is 1. The van der Waals surface area contributed by atoms with Crippen molar-refractivity contribution in [1.29, 1.82) is 0 Å². The van der Waals surface area contributed by atoms with Gasteiger partial charge < -0.3 is 9.30 Å². The standard InChI is InChI=1S/C23H20ClFN2O.ClH/c1-15-16(2)27(13-18-4-3-5-19(24)12-18)23-21(10-11-26-22(15)23)28-14-17-6-8-20(25)9-7-17;/h3-12H,13-14H2,1-2H3;1H. The van der Waals surface area contributed by atoms with Crippen molar-refractivity contribution in [2.75, 3.05) is 0 Å². The Hall–Kier alpha value is -2.56. The highest BCUT2D eigenvalue weighted by atomic mass is 35.5. The number of rotatable bonds is 5. The molecule has 0 aliphatic heterocycles. The number of aromatic nitrogens is 2. The molecule has 0 saturated carbocycles. The molecule has 4 aromatic rings. The summed E-state index contributed by atoms with van der Waals surface area (Å²) in [5.74, 6) is 0.504. The van der Waals surface area contributed by atoms with E-state index < -0.39 is 0 Å². The van der Waals surface area contributed by atoms with Crippen molar-refractivity contribution in [3.8, 4) is 5.75 Å². The van der Waals surface area contributed by atoms with Gasteiger partial charge in [0, 0.05) is 29.5 Å². The number of ether oxygens (including phenoxy) is 1. The van der Waals surface area contributed by atoms with Crippen LogP contribution in [-0.2, 0) is 13.2 Å². The monoisotopic (exact) mass is 430 g/mol. The zero-order valence-electron chi connectivity index (χ0n) is 16.2. The Labute approximate surface area is 180 Å². The minimum absolute atomic E-state index is 0. The second kappa shape index (κ2) is 8.85. The van der Waals surface area contributed by atoms with Gasteiger partial charge in [0.25, 0.3) is 0 Å². The number of nitrogens with zero attached hydrogens (tertiary/aromatic N) is 2. The first-order valence-corrected chi connectivity index (χ1v) is 9.47. The van der Waals surface area contributed by atoms with Gasteiger partial charge in [0.15, 0.2) is 0 Å². The Morgan fingerprint density at radius 2 is 1.79 bits per heavy atom. The molecule has 0 aliphatic carbocycles. The van der Waals surface area contributed by atoms with Gasteiger partial charge in [-0.15, -0.1) is 12.4 Å². The summed E-state index contributed by atoms with van der Waals surface area (Å²) in [7, 11) is 0. The van der Waals surface area contributed by atoms with Crippen LogP contribution in [0.5, 0.6) is 5.75 Å². The summed E-state index contributed by atoms with van der Waals surface area (Å²) in [6.07, 6.45) is 1.76. The van der Waals surface area contributed by atoms with Crippen LogP contribution in [0, 0.1) is 19.7 Å². The Morgan fingerprint density at radius 3 is 2.52 bits per heavy atom. The van der Waals surface area contributed by atoms with Gasteiger partial charge in [-0.2, -0.15) is 0 Å². The maximum atomic E-state index is 13.1. The molecule has 2 heterocycles. The van der Waals surface area contributed by atoms with E-state index in [0.717, 1.165) is 39.2 Å². The first-order valence-electron chi connectivity index (χ1n) is 9.09. The second-order valence-corrected chi connectivity index (χ2v) is 7.28. The molecule has 0 saturated heterocycles. The topological polar surface area (TPSA) is 27.1 Å². The SMILES string of the molecule is Cc1c(C)n(Cc2cccc(Cl)c2)c2c(OCc3ccc(F)cc3)ccnc12.Cl. The molecule has 0 atom stereocenters. The van der Waals surface area contributed by atoms with E-state index in [1.165, 1.54) is 12.1 Å². The van der Waals surface area contributed by atoms with Crippen molar-refractivity contribution >= 4 is 35.0 Å². The lowest BCUT2D eigenvalue weighted by atomic mass is 10.2. The molecule has 2 aromatic carbocycles. The smallest absolute Gasteiger partial charge is 0.147 e. The van der Waals surface area contributed by atoms with E-state index in [2.05, 4.69) is 29.5 Å². The summed E-state index contributed by atoms with van der Waals surface area (Å²) in [5, 5.41) is 0.717. The quantitative estimate of drug-likeness (QED) is 0.361. The van der Waals surface area contributed by atoms with Crippen LogP contribution in [0.2, 0.25) is 5.02 Å². The lowest BCUT2D eigenvalue weighted by Crippen LogP contribution is -2.04. The third kappa shape index (κ3) is 4.39. The summed E-state index contributed by atoms with van der Waals surface area (Å²) in [6.45, 7) is 5.20. The van der Waals surface area contributed by atoms with E-state index in [1.54, 1.807) is 18.3 Å². The van der Waals surface area contributed by atoms with Gasteiger partial charge in [-0.3, -0.25) is 4.98 Å². The molecule has 0 radical (unpaired) electrons. The van der Waals surface area contributed by atoms with Crippen LogP contribution in [0.1, 0.15) is 22.4 Å². The minimum atomic E-state index is -0.253. The molecule has 150 valence electrons. The highest BCUT2D eigenvalue weighted by Gasteiger charge is 2.17. The van der Waals surface area contributed by atoms with Crippen LogP contribution < -0.4 is 4.74 Å². The number of hydrogen-bond donors (Lipinski definition) is 0. The van der Waals surface area contributed by atoms with Gasteiger partial charge in [-0.05, 0) is 54.8 Å². The third-order valence-electron chi connectivity index (χ3n) is 5.00. The number of benzene rings is 2. The van der Waals surface area contributed by atoms with Gasteiger partial charge in [-0.25, -0.2) is 4.39 Å². The molecule has 0 bridgehead atoms. The van der Waals surface area contributed by atoms with Crippen LogP contribution in [0.25, 0.3) is 11.0 Å². The van der Waals surface area contributed by atoms with Gasteiger partial charge in [-0.1, -0.05) is 35.9 Å². The summed E-state index contributed by atoms with van der Waals surface area (Å²) < 4.78 is 21.4. The van der Waals surface area contributed by atoms with Gasteiger partial charge in [0.2, 0.25) is 0 Å². The molecule has 0 amide bonds. The summed E-state index contributed by atoms with van der Waals surface area (Å²) in [5.41, 5.74) is 6.17. The van der Waals surface area contributed by atoms with E-state index in [1.807, 2.05) is 24.3 Å². The minimum Gasteiger partial charge on any atom is -0.487 e. The fourth-order valence-corrected chi connectivity index (χ4v) is 3.60. The summed E-state index contributed by atoms with van der Waals surface area (Å²) in [4.78, 5) is 4.57. The average Bonchev–Trinajstić information content (AvgIpc) is 2.93. The van der Waals surface area contributed by atoms with Crippen molar-refractivity contribution in [2.24, 2.45) is 0 Å². The molecule has 0 spiro atoms. The molecule has 29 heavy (non-hydrogen) atoms. The predicted octanol–water partition coefficient (Wildman–Crippen LogP) is 6.49. The lowest BCUT2D eigenvalue weighted by molar-refractivity contribution is 0.308. The van der Waals surface area contributed by atoms with Crippen LogP contribution in [-0.4, -0.2) is 9.55 Å². The molecule has 0 aliphatic rings. The molecule has 4 rings (SSSR count). The van der Waals surface area contributed by atoms with Crippen molar-refractivity contribution in [3.63, 3.8) is 0 Å². The number of aryl methyl sites for hydroxylation is 1. The van der Waals surface area contributed by atoms with E-state index in [0.29, 0.717) is 18.2 Å². The van der Waals surface area contributed by atoms with Crippen LogP contribution >= 0.6 is 24.0 Å². The fourth-order valence-electron chi connectivity index (χ4n) is 3.39. The molecular weight excluding hydrogens is 410 g/mol. The Bertz CT molecular complexity index is 1140. The van der Waals surface area contributed by atoms with E-state index in [9.17, 15) is 4.39 Å². The zero-order valence-corrected chi connectivity index (χ0v) is 17.7. The summed E-state index contributed by atoms with van der Waals surface area (Å²) >= 11 is 6.16. The maximum Gasteiger partial charge on any atom is 0.147 e. The van der Waals surface area contributed by atoms with Crippen LogP contribution in [0.3, 0.4) is 0 Å². The molecular formula is C23H21Cl2FN2O. The zero-order chi connectivity index (χ0) is 19.7. The van der Waals surface area contributed by atoms with Crippen molar-refractivity contribution in [3.05, 3.63) is 94.0 Å². The van der Waals surface area contributed by atoms with Crippen LogP contribution in [0.4, 0.5) is 4.39 Å². The molecule has 0 fully saturated rings. The number of hydrogen-bond acceptors (Lipinski definition) is 2. The van der Waals surface area contributed by atoms with Gasteiger partial charge in [0.1, 0.15) is 23.7 Å². The fraction of sp³-hybridized carbons (Fsp3) is 0.174. The Kier molecular flexibility index (Phi) is 6.46. The Balaban J connectivity index is 0.00000240. The highest BCUT2D eigenvalue weighted by molar-refractivity contribution is 6.30. The molecule has 2 aromatic heterocycles. The first kappa shape index (κ1) is 21.2. The van der Waals surface area contributed by atoms with Gasteiger partial charge in [0.05, 0.1) is 5.52 Å². The molecule has 3 nitrogen and oxygen atoms in total. The highest BCUT2D eigenvalue weighted by Crippen LogP contribution is 2.32. The predicted molar refractivity (Wildman–Crippen MR) is 118 cm³/mol. The molecule has 0 unspecified atom stereocenters. The average molecular weight is 431 g/mol. The first-order chi connectivity index (χ1) is 13.5. The van der Waals surface area contributed by atoms with Gasteiger partial charge >= 0.3 is 0 Å². The van der Waals surface area contributed by atoms with E-state index in [-0.39, 0.29) is 18.2 Å². The molecule has 6 heteroatoms. The van der Waals surface area contributed by atoms with Crippen molar-refractivity contribution in [2.45, 2.75) is 27.0 Å². The largest absolute Gasteiger partial charge is 0.487 e. The van der Waals surface area contributed by atoms with Crippen molar-refractivity contribution in [1.82, 2.24) is 9.55 Å². The number of fused-ring (bicyclic) bond motifs is 1. The van der Waals surface area contributed by atoms with Crippen molar-refractivity contribution < 1.29 is 9.13 Å². The maximum absolute atomic E-state index is 13.1. The second-order valence-electron chi connectivity index (χ2n) is 6.85. The lowest BCUT2D eigenvalue weighted by Gasteiger charge is -2.13. The normalized spacial score (nSPS) is 10.8. The van der Waals surface area contributed by atoms with E-state index in [4.69, 9.17) is 16.3 Å². The van der Waals surface area contributed by atoms with Crippen LogP contribution in [0.15, 0.2) is 60.8 Å². The van der Waals surface area contributed by atoms with E-state index >= 15 is 0 Å². The molecule has 0 N–H and O–H groups in total. The number of halogens is 3.